The van der Waals surface area contributed by atoms with Gasteiger partial charge >= 0.3 is 5.97 Å². The molecule has 18 heavy (non-hydrogen) atoms. The number of methoxy groups -OCH3 is 2. The van der Waals surface area contributed by atoms with Gasteiger partial charge in [-0.25, -0.2) is 0 Å². The molecule has 0 radical (unpaired) electrons. The number of ether oxygens (including phenoxy) is 2. The molecule has 0 aliphatic carbocycles. The van der Waals surface area contributed by atoms with Gasteiger partial charge < -0.3 is 14.6 Å². The van der Waals surface area contributed by atoms with E-state index in [0.29, 0.717) is 22.9 Å². The summed E-state index contributed by atoms with van der Waals surface area (Å²) >= 11 is 6.15. The van der Waals surface area contributed by atoms with Gasteiger partial charge in [0.1, 0.15) is 16.5 Å². The van der Waals surface area contributed by atoms with E-state index in [9.17, 15) is 4.79 Å². The molecule has 0 spiro atoms. The summed E-state index contributed by atoms with van der Waals surface area (Å²) in [5.74, 6) is 0.344. The molecule has 100 valence electrons. The number of hydrogen-bond donors (Lipinski definition) is 1. The van der Waals surface area contributed by atoms with Crippen LogP contribution in [0.4, 0.5) is 0 Å². The third kappa shape index (κ3) is 3.29. The van der Waals surface area contributed by atoms with Gasteiger partial charge in [0, 0.05) is 6.42 Å². The minimum atomic E-state index is -0.805. The van der Waals surface area contributed by atoms with Crippen LogP contribution in [0.15, 0.2) is 12.1 Å². The van der Waals surface area contributed by atoms with Crippen molar-refractivity contribution in [3.8, 4) is 11.5 Å². The van der Waals surface area contributed by atoms with Crippen LogP contribution < -0.4 is 9.47 Å². The van der Waals surface area contributed by atoms with Crippen LogP contribution in [0.2, 0.25) is 5.02 Å². The summed E-state index contributed by atoms with van der Waals surface area (Å²) < 4.78 is 10.4. The molecule has 1 aromatic rings. The fourth-order valence-corrected chi connectivity index (χ4v) is 2.13. The summed E-state index contributed by atoms with van der Waals surface area (Å²) in [4.78, 5) is 10.6. The van der Waals surface area contributed by atoms with Crippen molar-refractivity contribution < 1.29 is 19.4 Å². The number of hydrogen-bond acceptors (Lipinski definition) is 3. The zero-order valence-corrected chi connectivity index (χ0v) is 11.5. The largest absolute Gasteiger partial charge is 0.495 e. The molecule has 0 fully saturated rings. The van der Waals surface area contributed by atoms with E-state index in [2.05, 4.69) is 0 Å². The van der Waals surface area contributed by atoms with Crippen LogP contribution >= 0.6 is 11.6 Å². The predicted octanol–water partition coefficient (Wildman–Crippen LogP) is 3.33. The second-order valence-electron chi connectivity index (χ2n) is 4.04. The molecule has 1 atom stereocenters. The summed E-state index contributed by atoms with van der Waals surface area (Å²) in [5.41, 5.74) is 0.893. The summed E-state index contributed by atoms with van der Waals surface area (Å²) in [5, 5.41) is 9.11. The van der Waals surface area contributed by atoms with Crippen LogP contribution in [-0.4, -0.2) is 25.3 Å². The van der Waals surface area contributed by atoms with Crippen molar-refractivity contribution in [2.75, 3.05) is 14.2 Å². The second kappa shape index (κ2) is 6.50. The maximum atomic E-state index is 10.6. The zero-order chi connectivity index (χ0) is 13.7. The van der Waals surface area contributed by atoms with E-state index >= 15 is 0 Å². The number of benzene rings is 1. The lowest BCUT2D eigenvalue weighted by Crippen LogP contribution is -2.03. The number of carboxylic acids is 1. The number of carboxylic acid groups (broad SMARTS) is 1. The smallest absolute Gasteiger partial charge is 0.303 e. The summed E-state index contributed by atoms with van der Waals surface area (Å²) in [7, 11) is 3.07. The van der Waals surface area contributed by atoms with Gasteiger partial charge in [0.15, 0.2) is 0 Å². The van der Waals surface area contributed by atoms with Gasteiger partial charge in [-0.05, 0) is 24.0 Å². The molecule has 0 bridgehead atoms. The van der Waals surface area contributed by atoms with Gasteiger partial charge in [-0.3, -0.25) is 4.79 Å². The van der Waals surface area contributed by atoms with Gasteiger partial charge in [0.05, 0.1) is 14.2 Å². The third-order valence-electron chi connectivity index (χ3n) is 2.84. The van der Waals surface area contributed by atoms with Crippen molar-refractivity contribution in [2.24, 2.45) is 0 Å². The van der Waals surface area contributed by atoms with E-state index in [0.717, 1.165) is 5.56 Å². The third-order valence-corrected chi connectivity index (χ3v) is 3.20. The van der Waals surface area contributed by atoms with Gasteiger partial charge in [-0.15, -0.1) is 0 Å². The Morgan fingerprint density at radius 1 is 1.39 bits per heavy atom. The van der Waals surface area contributed by atoms with Crippen LogP contribution in [-0.2, 0) is 4.79 Å². The Hall–Kier alpha value is -1.42. The van der Waals surface area contributed by atoms with E-state index < -0.39 is 5.97 Å². The number of aliphatic carboxylic acids is 1. The number of carbonyl (C=O) groups is 1. The highest BCUT2D eigenvalue weighted by Gasteiger charge is 2.18. The predicted molar refractivity (Wildman–Crippen MR) is 69.8 cm³/mol. The highest BCUT2D eigenvalue weighted by Crippen LogP contribution is 2.40. The van der Waals surface area contributed by atoms with E-state index in [-0.39, 0.29) is 12.3 Å². The second-order valence-corrected chi connectivity index (χ2v) is 4.42. The first kappa shape index (κ1) is 14.6. The number of rotatable bonds is 6. The van der Waals surface area contributed by atoms with Gasteiger partial charge in [0.2, 0.25) is 0 Å². The normalized spacial score (nSPS) is 12.0. The molecule has 0 amide bonds. The molecule has 0 aromatic heterocycles. The molecule has 1 aromatic carbocycles. The molecule has 1 unspecified atom stereocenters. The Balaban J connectivity index is 3.01. The first-order valence-electron chi connectivity index (χ1n) is 5.63. The van der Waals surface area contributed by atoms with Crippen LogP contribution in [0, 0.1) is 0 Å². The topological polar surface area (TPSA) is 55.8 Å². The quantitative estimate of drug-likeness (QED) is 0.863. The molecule has 0 heterocycles. The highest BCUT2D eigenvalue weighted by atomic mass is 35.5. The maximum absolute atomic E-state index is 10.6. The molecule has 0 aliphatic heterocycles. The highest BCUT2D eigenvalue weighted by molar-refractivity contribution is 6.33. The van der Waals surface area contributed by atoms with Crippen LogP contribution in [0.5, 0.6) is 11.5 Å². The molecule has 0 saturated carbocycles. The van der Waals surface area contributed by atoms with Crippen LogP contribution in [0.1, 0.15) is 31.2 Å². The van der Waals surface area contributed by atoms with Crippen molar-refractivity contribution >= 4 is 17.6 Å². The van der Waals surface area contributed by atoms with E-state index in [1.807, 2.05) is 13.0 Å². The number of halogens is 1. The lowest BCUT2D eigenvalue weighted by Gasteiger charge is -2.17. The van der Waals surface area contributed by atoms with Crippen molar-refractivity contribution in [1.29, 1.82) is 0 Å². The molecular weight excluding hydrogens is 256 g/mol. The van der Waals surface area contributed by atoms with Crippen molar-refractivity contribution in [1.82, 2.24) is 0 Å². The van der Waals surface area contributed by atoms with Crippen LogP contribution in [0.3, 0.4) is 0 Å². The molecule has 5 heteroatoms. The first-order valence-corrected chi connectivity index (χ1v) is 6.01. The van der Waals surface area contributed by atoms with E-state index in [1.54, 1.807) is 6.07 Å². The monoisotopic (exact) mass is 272 g/mol. The fourth-order valence-electron chi connectivity index (χ4n) is 1.80. The van der Waals surface area contributed by atoms with E-state index in [1.165, 1.54) is 14.2 Å². The average Bonchev–Trinajstić information content (AvgIpc) is 2.35. The lowest BCUT2D eigenvalue weighted by molar-refractivity contribution is -0.137. The minimum Gasteiger partial charge on any atom is -0.495 e. The SMILES string of the molecule is COc1ccc(C(C)CCC(=O)O)c(OC)c1Cl. The average molecular weight is 273 g/mol. The van der Waals surface area contributed by atoms with Gasteiger partial charge in [-0.2, -0.15) is 0 Å². The minimum absolute atomic E-state index is 0.0551. The Kier molecular flexibility index (Phi) is 5.28. The zero-order valence-electron chi connectivity index (χ0n) is 10.7. The molecule has 1 rings (SSSR count). The Morgan fingerprint density at radius 3 is 2.56 bits per heavy atom. The van der Waals surface area contributed by atoms with Crippen molar-refractivity contribution in [3.63, 3.8) is 0 Å². The maximum Gasteiger partial charge on any atom is 0.303 e. The molecule has 1 N–H and O–H groups in total. The van der Waals surface area contributed by atoms with Gasteiger partial charge in [-0.1, -0.05) is 24.6 Å². The fraction of sp³-hybridized carbons (Fsp3) is 0.462. The Labute approximate surface area is 111 Å². The first-order chi connectivity index (χ1) is 8.51. The van der Waals surface area contributed by atoms with Crippen molar-refractivity contribution in [3.05, 3.63) is 22.7 Å². The molecular formula is C13H17ClO4. The Morgan fingerprint density at radius 2 is 2.06 bits per heavy atom. The molecule has 0 aliphatic rings. The standard InChI is InChI=1S/C13H17ClO4/c1-8(4-7-11(15)16)9-5-6-10(17-2)12(14)13(9)18-3/h5-6,8H,4,7H2,1-3H3,(H,15,16). The lowest BCUT2D eigenvalue weighted by atomic mass is 9.95. The summed E-state index contributed by atoms with van der Waals surface area (Å²) in [6.07, 6.45) is 0.655. The van der Waals surface area contributed by atoms with Crippen LogP contribution in [0.25, 0.3) is 0 Å². The molecule has 4 nitrogen and oxygen atoms in total. The summed E-state index contributed by atoms with van der Waals surface area (Å²) in [6, 6.07) is 3.62. The van der Waals surface area contributed by atoms with Crippen molar-refractivity contribution in [2.45, 2.75) is 25.7 Å². The Bertz CT molecular complexity index is 431. The van der Waals surface area contributed by atoms with E-state index in [4.69, 9.17) is 26.2 Å². The molecule has 0 saturated heterocycles. The van der Waals surface area contributed by atoms with Gasteiger partial charge in [0.25, 0.3) is 0 Å². The summed E-state index contributed by atoms with van der Waals surface area (Å²) in [6.45, 7) is 1.95.